The largest absolute Gasteiger partial charge is 0.118 e. The predicted molar refractivity (Wildman–Crippen MR) is 100 cm³/mol. The molecule has 0 saturated heterocycles. The van der Waals surface area contributed by atoms with Crippen LogP contribution in [0.25, 0.3) is 5.57 Å². The lowest BCUT2D eigenvalue weighted by atomic mass is 9.78. The Balaban J connectivity index is 1.75. The standard InChI is InChI=1S/C21H19ClS/c1-21(2)16-10-9-14-13-5-3-4-6-18(13)23-20(14)19(16)15-8-7-12(22)11-17(15)21/h3-10,12-13,18H,11H2,1-2H3. The number of fused-ring (bicyclic) bond motifs is 6. The van der Waals surface area contributed by atoms with Gasteiger partial charge in [-0.3, -0.25) is 0 Å². The van der Waals surface area contributed by atoms with Crippen molar-refractivity contribution in [2.45, 2.75) is 47.1 Å². The van der Waals surface area contributed by atoms with Gasteiger partial charge in [0.1, 0.15) is 0 Å². The molecule has 3 unspecified atom stereocenters. The topological polar surface area (TPSA) is 0 Å². The molecule has 0 nitrogen and oxygen atoms in total. The van der Waals surface area contributed by atoms with Gasteiger partial charge in [-0.25, -0.2) is 0 Å². The molecule has 0 N–H and O–H groups in total. The van der Waals surface area contributed by atoms with Gasteiger partial charge in [0, 0.05) is 21.5 Å². The maximum Gasteiger partial charge on any atom is 0.0557 e. The van der Waals surface area contributed by atoms with Gasteiger partial charge in [-0.2, -0.15) is 0 Å². The third kappa shape index (κ3) is 1.81. The monoisotopic (exact) mass is 338 g/mol. The maximum absolute atomic E-state index is 6.43. The van der Waals surface area contributed by atoms with Crippen LogP contribution in [0.5, 0.6) is 0 Å². The van der Waals surface area contributed by atoms with E-state index >= 15 is 0 Å². The van der Waals surface area contributed by atoms with Crippen LogP contribution in [0.15, 0.2) is 59.1 Å². The molecule has 1 aromatic rings. The molecular weight excluding hydrogens is 320 g/mol. The van der Waals surface area contributed by atoms with Gasteiger partial charge in [0.25, 0.3) is 0 Å². The van der Waals surface area contributed by atoms with Crippen molar-refractivity contribution in [2.24, 2.45) is 0 Å². The molecule has 3 aliphatic carbocycles. The van der Waals surface area contributed by atoms with E-state index in [2.05, 4.69) is 62.4 Å². The predicted octanol–water partition coefficient (Wildman–Crippen LogP) is 5.98. The fourth-order valence-electron chi connectivity index (χ4n) is 4.56. The second-order valence-electron chi connectivity index (χ2n) is 7.38. The Morgan fingerprint density at radius 2 is 1.96 bits per heavy atom. The summed E-state index contributed by atoms with van der Waals surface area (Å²) in [5.41, 5.74) is 7.53. The van der Waals surface area contributed by atoms with Gasteiger partial charge in [0.15, 0.2) is 0 Å². The molecule has 1 aromatic carbocycles. The molecule has 23 heavy (non-hydrogen) atoms. The number of hydrogen-bond donors (Lipinski definition) is 0. The number of hydrogen-bond acceptors (Lipinski definition) is 1. The highest BCUT2D eigenvalue weighted by molar-refractivity contribution is 8.00. The number of thioether (sulfide) groups is 1. The highest BCUT2D eigenvalue weighted by atomic mass is 35.5. The highest BCUT2D eigenvalue weighted by Crippen LogP contribution is 2.58. The zero-order valence-corrected chi connectivity index (χ0v) is 14.9. The smallest absolute Gasteiger partial charge is 0.0557 e. The van der Waals surface area contributed by atoms with E-state index in [0.717, 1.165) is 6.42 Å². The van der Waals surface area contributed by atoms with E-state index in [1.165, 1.54) is 32.7 Å². The lowest BCUT2D eigenvalue weighted by Gasteiger charge is -2.27. The van der Waals surface area contributed by atoms with E-state index in [9.17, 15) is 0 Å². The minimum Gasteiger partial charge on any atom is -0.118 e. The van der Waals surface area contributed by atoms with Crippen LogP contribution < -0.4 is 0 Å². The SMILES string of the molecule is CC1(C)C2=C(C=CC(Cl)C2)c2c1ccc1c2SC2C=CC=CC12. The van der Waals surface area contributed by atoms with E-state index in [4.69, 9.17) is 11.6 Å². The minimum atomic E-state index is 0.0948. The van der Waals surface area contributed by atoms with E-state index in [0.29, 0.717) is 11.2 Å². The van der Waals surface area contributed by atoms with Gasteiger partial charge < -0.3 is 0 Å². The van der Waals surface area contributed by atoms with Crippen LogP contribution in [0.3, 0.4) is 0 Å². The fourth-order valence-corrected chi connectivity index (χ4v) is 6.29. The van der Waals surface area contributed by atoms with Crippen molar-refractivity contribution >= 4 is 28.9 Å². The quantitative estimate of drug-likeness (QED) is 0.524. The first-order valence-corrected chi connectivity index (χ1v) is 9.64. The summed E-state index contributed by atoms with van der Waals surface area (Å²) in [6.45, 7) is 4.71. The minimum absolute atomic E-state index is 0.0948. The van der Waals surface area contributed by atoms with E-state index < -0.39 is 0 Å². The summed E-state index contributed by atoms with van der Waals surface area (Å²) in [5, 5.41) is 0.694. The van der Waals surface area contributed by atoms with Crippen LogP contribution in [-0.2, 0) is 5.41 Å². The lowest BCUT2D eigenvalue weighted by Crippen LogP contribution is -2.20. The molecule has 0 bridgehead atoms. The number of rotatable bonds is 0. The normalized spacial score (nSPS) is 31.9. The molecular formula is C21H19ClS. The Morgan fingerprint density at radius 3 is 2.83 bits per heavy atom. The first-order valence-electron chi connectivity index (χ1n) is 8.32. The molecule has 0 spiro atoms. The summed E-state index contributed by atoms with van der Waals surface area (Å²) in [5.74, 6) is 0.534. The van der Waals surface area contributed by atoms with Crippen molar-refractivity contribution in [3.05, 3.63) is 70.9 Å². The molecule has 0 aromatic heterocycles. The number of allylic oxidation sites excluding steroid dienone is 7. The molecule has 0 fully saturated rings. The summed E-state index contributed by atoms with van der Waals surface area (Å²) < 4.78 is 0. The van der Waals surface area contributed by atoms with Crippen LogP contribution >= 0.6 is 23.4 Å². The summed E-state index contributed by atoms with van der Waals surface area (Å²) in [4.78, 5) is 1.50. The van der Waals surface area contributed by atoms with Crippen molar-refractivity contribution in [2.75, 3.05) is 0 Å². The highest BCUT2D eigenvalue weighted by Gasteiger charge is 2.43. The Morgan fingerprint density at radius 1 is 1.13 bits per heavy atom. The van der Waals surface area contributed by atoms with Gasteiger partial charge >= 0.3 is 0 Å². The zero-order chi connectivity index (χ0) is 15.8. The average molecular weight is 339 g/mol. The Bertz CT molecular complexity index is 838. The molecule has 3 atom stereocenters. The lowest BCUT2D eigenvalue weighted by molar-refractivity contribution is 0.607. The summed E-state index contributed by atoms with van der Waals surface area (Å²) >= 11 is 8.47. The molecule has 0 amide bonds. The van der Waals surface area contributed by atoms with Gasteiger partial charge in [-0.15, -0.1) is 23.4 Å². The van der Waals surface area contributed by atoms with E-state index in [-0.39, 0.29) is 10.8 Å². The third-order valence-corrected chi connectivity index (χ3v) is 7.48. The van der Waals surface area contributed by atoms with Gasteiger partial charge in [-0.05, 0) is 28.7 Å². The molecule has 1 heterocycles. The molecule has 1 aliphatic heterocycles. The van der Waals surface area contributed by atoms with E-state index in [1.807, 2.05) is 11.8 Å². The molecule has 4 aliphatic rings. The molecule has 0 radical (unpaired) electrons. The Kier molecular flexibility index (Phi) is 2.88. The average Bonchev–Trinajstić information content (AvgIpc) is 3.02. The number of halogens is 1. The number of alkyl halides is 1. The number of benzene rings is 1. The molecule has 2 heteroatoms. The van der Waals surface area contributed by atoms with Crippen molar-refractivity contribution < 1.29 is 0 Å². The first kappa shape index (κ1) is 14.2. The van der Waals surface area contributed by atoms with Gasteiger partial charge in [-0.1, -0.05) is 68.0 Å². The second kappa shape index (κ2) is 4.68. The Hall–Kier alpha value is -1.18. The zero-order valence-electron chi connectivity index (χ0n) is 13.3. The summed E-state index contributed by atoms with van der Waals surface area (Å²) in [7, 11) is 0. The van der Waals surface area contributed by atoms with Crippen molar-refractivity contribution in [1.82, 2.24) is 0 Å². The van der Waals surface area contributed by atoms with Crippen LogP contribution in [-0.4, -0.2) is 10.6 Å². The van der Waals surface area contributed by atoms with Crippen LogP contribution in [0.1, 0.15) is 42.9 Å². The van der Waals surface area contributed by atoms with Crippen LogP contribution in [0, 0.1) is 0 Å². The second-order valence-corrected chi connectivity index (χ2v) is 9.13. The third-order valence-electron chi connectivity index (χ3n) is 5.78. The van der Waals surface area contributed by atoms with Gasteiger partial charge in [0.05, 0.1) is 5.38 Å². The maximum atomic E-state index is 6.43. The van der Waals surface area contributed by atoms with Crippen molar-refractivity contribution in [3.8, 4) is 0 Å². The van der Waals surface area contributed by atoms with Crippen LogP contribution in [0.4, 0.5) is 0 Å². The van der Waals surface area contributed by atoms with E-state index in [1.54, 1.807) is 0 Å². The first-order chi connectivity index (χ1) is 11.1. The molecule has 116 valence electrons. The van der Waals surface area contributed by atoms with Crippen LogP contribution in [0.2, 0.25) is 0 Å². The molecule has 5 rings (SSSR count). The summed E-state index contributed by atoms with van der Waals surface area (Å²) in [6.07, 6.45) is 14.5. The Labute approximate surface area is 147 Å². The van der Waals surface area contributed by atoms with Crippen molar-refractivity contribution in [3.63, 3.8) is 0 Å². The summed E-state index contributed by atoms with van der Waals surface area (Å²) in [6, 6.07) is 4.75. The van der Waals surface area contributed by atoms with Crippen molar-refractivity contribution in [1.29, 1.82) is 0 Å². The fraction of sp³-hybridized carbons (Fsp3) is 0.333. The van der Waals surface area contributed by atoms with Gasteiger partial charge in [0.2, 0.25) is 0 Å². The molecule has 0 saturated carbocycles.